The molecule has 1 aliphatic rings. The second kappa shape index (κ2) is 4.89. The minimum Gasteiger partial charge on any atom is -0.398 e. The minimum absolute atomic E-state index is 0.356. The van der Waals surface area contributed by atoms with Crippen molar-refractivity contribution in [1.82, 2.24) is 20.2 Å². The van der Waals surface area contributed by atoms with Crippen molar-refractivity contribution in [3.05, 3.63) is 24.3 Å². The zero-order valence-electron chi connectivity index (χ0n) is 12.1. The average molecular weight is 271 g/mol. The standard InChI is InChI=1S/C15H21N5/c1-15(2)9-5-6-11(10-15)20-14(17-18-19-20)12-7-3-4-8-13(12)16/h3-4,7-8,11H,5-6,9-10,16H2,1-2H3. The summed E-state index contributed by atoms with van der Waals surface area (Å²) in [6, 6.07) is 8.13. The predicted octanol–water partition coefficient (Wildman–Crippen LogP) is 3.06. The molecule has 1 aromatic carbocycles. The van der Waals surface area contributed by atoms with Gasteiger partial charge in [0.2, 0.25) is 0 Å². The Balaban J connectivity index is 1.97. The smallest absolute Gasteiger partial charge is 0.184 e. The molecule has 0 saturated heterocycles. The maximum atomic E-state index is 6.05. The molecular weight excluding hydrogens is 250 g/mol. The zero-order valence-corrected chi connectivity index (χ0v) is 12.1. The van der Waals surface area contributed by atoms with Crippen molar-refractivity contribution in [2.45, 2.75) is 45.6 Å². The van der Waals surface area contributed by atoms with Gasteiger partial charge in [0.05, 0.1) is 6.04 Å². The fraction of sp³-hybridized carbons (Fsp3) is 0.533. The maximum Gasteiger partial charge on any atom is 0.184 e. The van der Waals surface area contributed by atoms with E-state index in [1.165, 1.54) is 12.8 Å². The number of anilines is 1. The van der Waals surface area contributed by atoms with Gasteiger partial charge in [0.25, 0.3) is 0 Å². The maximum absolute atomic E-state index is 6.05. The Labute approximate surface area is 119 Å². The van der Waals surface area contributed by atoms with Gasteiger partial charge in [0.15, 0.2) is 5.82 Å². The molecule has 1 aromatic heterocycles. The predicted molar refractivity (Wildman–Crippen MR) is 79.0 cm³/mol. The Morgan fingerprint density at radius 1 is 1.30 bits per heavy atom. The lowest BCUT2D eigenvalue weighted by Gasteiger charge is -2.35. The summed E-state index contributed by atoms with van der Waals surface area (Å²) in [5.41, 5.74) is 8.05. The summed E-state index contributed by atoms with van der Waals surface area (Å²) in [6.07, 6.45) is 4.74. The van der Waals surface area contributed by atoms with Crippen LogP contribution in [0.3, 0.4) is 0 Å². The zero-order chi connectivity index (χ0) is 14.2. The van der Waals surface area contributed by atoms with Crippen molar-refractivity contribution in [3.8, 4) is 11.4 Å². The number of hydrogen-bond donors (Lipinski definition) is 1. The summed E-state index contributed by atoms with van der Waals surface area (Å²) < 4.78 is 1.96. The quantitative estimate of drug-likeness (QED) is 0.852. The van der Waals surface area contributed by atoms with Crippen LogP contribution < -0.4 is 5.73 Å². The van der Waals surface area contributed by atoms with Crippen molar-refractivity contribution < 1.29 is 0 Å². The van der Waals surface area contributed by atoms with E-state index in [1.807, 2.05) is 28.9 Å². The van der Waals surface area contributed by atoms with E-state index < -0.39 is 0 Å². The number of para-hydroxylation sites is 1. The van der Waals surface area contributed by atoms with Gasteiger partial charge in [-0.25, -0.2) is 4.68 Å². The van der Waals surface area contributed by atoms with Crippen LogP contribution in [0, 0.1) is 5.41 Å². The van der Waals surface area contributed by atoms with E-state index >= 15 is 0 Å². The SMILES string of the molecule is CC1(C)CCCC(n2nnnc2-c2ccccc2N)C1. The van der Waals surface area contributed by atoms with E-state index in [1.54, 1.807) is 0 Å². The van der Waals surface area contributed by atoms with E-state index in [-0.39, 0.29) is 0 Å². The highest BCUT2D eigenvalue weighted by Gasteiger charge is 2.31. The molecule has 1 fully saturated rings. The molecule has 0 spiro atoms. The van der Waals surface area contributed by atoms with E-state index in [0.29, 0.717) is 11.5 Å². The average Bonchev–Trinajstić information content (AvgIpc) is 2.87. The second-order valence-electron chi connectivity index (χ2n) is 6.45. The molecule has 1 atom stereocenters. The number of hydrogen-bond acceptors (Lipinski definition) is 4. The highest BCUT2D eigenvalue weighted by atomic mass is 15.5. The van der Waals surface area contributed by atoms with Crippen molar-refractivity contribution >= 4 is 5.69 Å². The Kier molecular flexibility index (Phi) is 3.20. The fourth-order valence-corrected chi connectivity index (χ4v) is 3.18. The number of aromatic nitrogens is 4. The Morgan fingerprint density at radius 3 is 2.85 bits per heavy atom. The molecule has 2 N–H and O–H groups in total. The van der Waals surface area contributed by atoms with Gasteiger partial charge < -0.3 is 5.73 Å². The molecule has 0 radical (unpaired) electrons. The van der Waals surface area contributed by atoms with Gasteiger partial charge in [-0.15, -0.1) is 5.10 Å². The fourth-order valence-electron chi connectivity index (χ4n) is 3.18. The highest BCUT2D eigenvalue weighted by Crippen LogP contribution is 2.41. The van der Waals surface area contributed by atoms with Gasteiger partial charge in [-0.1, -0.05) is 32.4 Å². The van der Waals surface area contributed by atoms with E-state index in [0.717, 1.165) is 29.9 Å². The number of benzene rings is 1. The van der Waals surface area contributed by atoms with E-state index in [2.05, 4.69) is 29.4 Å². The van der Waals surface area contributed by atoms with Crippen LogP contribution >= 0.6 is 0 Å². The van der Waals surface area contributed by atoms with Crippen molar-refractivity contribution in [1.29, 1.82) is 0 Å². The number of nitrogen functional groups attached to an aromatic ring is 1. The van der Waals surface area contributed by atoms with Gasteiger partial charge in [-0.05, 0) is 47.2 Å². The Morgan fingerprint density at radius 2 is 2.10 bits per heavy atom. The molecule has 5 heteroatoms. The molecule has 3 rings (SSSR count). The first-order chi connectivity index (χ1) is 9.57. The van der Waals surface area contributed by atoms with Crippen LogP contribution in [0.4, 0.5) is 5.69 Å². The monoisotopic (exact) mass is 271 g/mol. The molecule has 1 unspecified atom stereocenters. The molecule has 1 heterocycles. The molecule has 1 aliphatic carbocycles. The lowest BCUT2D eigenvalue weighted by atomic mass is 9.75. The Hall–Kier alpha value is -1.91. The second-order valence-corrected chi connectivity index (χ2v) is 6.45. The number of nitrogens with zero attached hydrogens (tertiary/aromatic N) is 4. The summed E-state index contributed by atoms with van der Waals surface area (Å²) in [5, 5.41) is 12.3. The normalized spacial score (nSPS) is 21.8. The topological polar surface area (TPSA) is 69.6 Å². The molecular formula is C15H21N5. The lowest BCUT2D eigenvalue weighted by Crippen LogP contribution is -2.26. The van der Waals surface area contributed by atoms with Gasteiger partial charge in [0.1, 0.15) is 0 Å². The molecule has 0 amide bonds. The number of rotatable bonds is 2. The van der Waals surface area contributed by atoms with E-state index in [9.17, 15) is 0 Å². The lowest BCUT2D eigenvalue weighted by molar-refractivity contribution is 0.174. The van der Waals surface area contributed by atoms with Crippen LogP contribution in [0.25, 0.3) is 11.4 Å². The van der Waals surface area contributed by atoms with Crippen LogP contribution in [-0.2, 0) is 0 Å². The molecule has 2 aromatic rings. The van der Waals surface area contributed by atoms with Gasteiger partial charge in [-0.3, -0.25) is 0 Å². The summed E-state index contributed by atoms with van der Waals surface area (Å²) in [5.74, 6) is 0.783. The van der Waals surface area contributed by atoms with Gasteiger partial charge in [0, 0.05) is 11.3 Å². The van der Waals surface area contributed by atoms with Crippen LogP contribution in [0.15, 0.2) is 24.3 Å². The third kappa shape index (κ3) is 2.40. The molecule has 5 nitrogen and oxygen atoms in total. The highest BCUT2D eigenvalue weighted by molar-refractivity contribution is 5.71. The van der Waals surface area contributed by atoms with Gasteiger partial charge in [-0.2, -0.15) is 0 Å². The first kappa shape index (κ1) is 13.1. The van der Waals surface area contributed by atoms with E-state index in [4.69, 9.17) is 5.73 Å². The summed E-state index contributed by atoms with van der Waals surface area (Å²) in [4.78, 5) is 0. The van der Waals surface area contributed by atoms with Crippen LogP contribution in [-0.4, -0.2) is 20.2 Å². The largest absolute Gasteiger partial charge is 0.398 e. The molecule has 106 valence electrons. The van der Waals surface area contributed by atoms with Crippen LogP contribution in [0.1, 0.15) is 45.6 Å². The van der Waals surface area contributed by atoms with Crippen molar-refractivity contribution in [2.75, 3.05) is 5.73 Å². The first-order valence-corrected chi connectivity index (χ1v) is 7.20. The molecule has 0 aliphatic heterocycles. The summed E-state index contributed by atoms with van der Waals surface area (Å²) in [7, 11) is 0. The van der Waals surface area contributed by atoms with Crippen LogP contribution in [0.5, 0.6) is 0 Å². The third-order valence-electron chi connectivity index (χ3n) is 4.22. The van der Waals surface area contributed by atoms with Crippen molar-refractivity contribution in [2.24, 2.45) is 5.41 Å². The first-order valence-electron chi connectivity index (χ1n) is 7.20. The number of nitrogens with two attached hydrogens (primary N) is 1. The molecule has 1 saturated carbocycles. The molecule has 20 heavy (non-hydrogen) atoms. The summed E-state index contributed by atoms with van der Waals surface area (Å²) >= 11 is 0. The Bertz CT molecular complexity index is 602. The minimum atomic E-state index is 0.356. The van der Waals surface area contributed by atoms with Gasteiger partial charge >= 0.3 is 0 Å². The van der Waals surface area contributed by atoms with Crippen molar-refractivity contribution in [3.63, 3.8) is 0 Å². The third-order valence-corrected chi connectivity index (χ3v) is 4.22. The van der Waals surface area contributed by atoms with Crippen LogP contribution in [0.2, 0.25) is 0 Å². The summed E-state index contributed by atoms with van der Waals surface area (Å²) in [6.45, 7) is 4.64. The molecule has 0 bridgehead atoms. The number of tetrazole rings is 1.